The number of aromatic amines is 1. The standard InChI is InChI=1S/C11H15N5OS/c1-11(2,3)9-8(18-16-15-9)10(17)12-6-7-4-5-13-14-7/h4-5H,6H2,1-3H3,(H,12,17)(H,13,14). The van der Waals surface area contributed by atoms with Gasteiger partial charge < -0.3 is 5.32 Å². The van der Waals surface area contributed by atoms with E-state index in [-0.39, 0.29) is 11.3 Å². The highest BCUT2D eigenvalue weighted by atomic mass is 32.1. The van der Waals surface area contributed by atoms with Crippen molar-refractivity contribution in [2.24, 2.45) is 0 Å². The van der Waals surface area contributed by atoms with Gasteiger partial charge in [-0.1, -0.05) is 25.3 Å². The molecule has 0 aliphatic carbocycles. The van der Waals surface area contributed by atoms with Crippen LogP contribution in [0.3, 0.4) is 0 Å². The molecule has 96 valence electrons. The molecule has 0 aliphatic heterocycles. The molecular formula is C11H15N5OS. The summed E-state index contributed by atoms with van der Waals surface area (Å²) >= 11 is 1.12. The average Bonchev–Trinajstić information content (AvgIpc) is 2.95. The summed E-state index contributed by atoms with van der Waals surface area (Å²) in [6.45, 7) is 6.44. The van der Waals surface area contributed by atoms with E-state index in [1.165, 1.54) is 0 Å². The van der Waals surface area contributed by atoms with E-state index < -0.39 is 0 Å². The van der Waals surface area contributed by atoms with Crippen LogP contribution in [0.5, 0.6) is 0 Å². The molecule has 0 saturated heterocycles. The number of aromatic nitrogens is 4. The first-order chi connectivity index (χ1) is 8.48. The van der Waals surface area contributed by atoms with E-state index in [0.717, 1.165) is 22.9 Å². The van der Waals surface area contributed by atoms with Crippen molar-refractivity contribution in [1.82, 2.24) is 25.1 Å². The number of H-pyrrole nitrogens is 1. The van der Waals surface area contributed by atoms with Gasteiger partial charge in [0.05, 0.1) is 17.9 Å². The van der Waals surface area contributed by atoms with Crippen LogP contribution >= 0.6 is 11.5 Å². The van der Waals surface area contributed by atoms with Crippen molar-refractivity contribution >= 4 is 17.4 Å². The van der Waals surface area contributed by atoms with E-state index in [4.69, 9.17) is 0 Å². The Kier molecular flexibility index (Phi) is 3.42. The molecule has 7 heteroatoms. The fraction of sp³-hybridized carbons (Fsp3) is 0.455. The fourth-order valence-electron chi connectivity index (χ4n) is 1.47. The zero-order valence-electron chi connectivity index (χ0n) is 10.5. The minimum absolute atomic E-state index is 0.149. The second-order valence-corrected chi connectivity index (χ2v) is 5.72. The Bertz CT molecular complexity index is 526. The van der Waals surface area contributed by atoms with E-state index in [2.05, 4.69) is 25.1 Å². The van der Waals surface area contributed by atoms with Crippen LogP contribution in [-0.2, 0) is 12.0 Å². The number of nitrogens with one attached hydrogen (secondary N) is 2. The van der Waals surface area contributed by atoms with Gasteiger partial charge in [0.1, 0.15) is 4.88 Å². The predicted molar refractivity (Wildman–Crippen MR) is 68.4 cm³/mol. The first kappa shape index (κ1) is 12.7. The monoisotopic (exact) mass is 265 g/mol. The normalized spacial score (nSPS) is 11.5. The second-order valence-electron chi connectivity index (χ2n) is 4.97. The van der Waals surface area contributed by atoms with Gasteiger partial charge in [0.25, 0.3) is 5.91 Å². The lowest BCUT2D eigenvalue weighted by Crippen LogP contribution is -2.26. The molecule has 0 aromatic carbocycles. The Morgan fingerprint density at radius 3 is 2.89 bits per heavy atom. The summed E-state index contributed by atoms with van der Waals surface area (Å²) in [4.78, 5) is 12.6. The van der Waals surface area contributed by atoms with Crippen molar-refractivity contribution in [3.63, 3.8) is 0 Å². The van der Waals surface area contributed by atoms with Gasteiger partial charge in [0.15, 0.2) is 0 Å². The number of hydrogen-bond donors (Lipinski definition) is 2. The smallest absolute Gasteiger partial charge is 0.265 e. The minimum atomic E-state index is -0.187. The van der Waals surface area contributed by atoms with E-state index in [1.54, 1.807) is 6.20 Å². The molecule has 6 nitrogen and oxygen atoms in total. The Balaban J connectivity index is 2.08. The minimum Gasteiger partial charge on any atom is -0.346 e. The molecule has 1 amide bonds. The van der Waals surface area contributed by atoms with E-state index >= 15 is 0 Å². The molecule has 2 aromatic rings. The molecule has 0 spiro atoms. The van der Waals surface area contributed by atoms with Crippen LogP contribution in [0, 0.1) is 0 Å². The van der Waals surface area contributed by atoms with Crippen LogP contribution in [0.2, 0.25) is 0 Å². The van der Waals surface area contributed by atoms with Gasteiger partial charge in [-0.05, 0) is 17.6 Å². The number of carbonyl (C=O) groups is 1. The molecule has 0 fully saturated rings. The Morgan fingerprint density at radius 2 is 2.28 bits per heavy atom. The highest BCUT2D eigenvalue weighted by Gasteiger charge is 2.26. The lowest BCUT2D eigenvalue weighted by molar-refractivity contribution is 0.0952. The van der Waals surface area contributed by atoms with Crippen molar-refractivity contribution < 1.29 is 4.79 Å². The number of amides is 1. The third-order valence-corrected chi connectivity index (χ3v) is 3.13. The van der Waals surface area contributed by atoms with Crippen molar-refractivity contribution in [3.05, 3.63) is 28.5 Å². The van der Waals surface area contributed by atoms with E-state index in [0.29, 0.717) is 11.4 Å². The van der Waals surface area contributed by atoms with Gasteiger partial charge in [-0.25, -0.2) is 0 Å². The molecule has 0 aliphatic rings. The summed E-state index contributed by atoms with van der Waals surface area (Å²) in [6.07, 6.45) is 1.65. The molecule has 0 bridgehead atoms. The second kappa shape index (κ2) is 4.85. The zero-order valence-corrected chi connectivity index (χ0v) is 11.3. The number of hydrogen-bond acceptors (Lipinski definition) is 5. The third kappa shape index (κ3) is 2.73. The Hall–Kier alpha value is -1.76. The molecule has 0 unspecified atom stereocenters. The predicted octanol–water partition coefficient (Wildman–Crippen LogP) is 1.49. The highest BCUT2D eigenvalue weighted by Crippen LogP contribution is 2.25. The fourth-order valence-corrected chi connectivity index (χ4v) is 2.26. The average molecular weight is 265 g/mol. The third-order valence-electron chi connectivity index (χ3n) is 2.40. The zero-order chi connectivity index (χ0) is 13.2. The van der Waals surface area contributed by atoms with Crippen LogP contribution in [-0.4, -0.2) is 25.7 Å². The van der Waals surface area contributed by atoms with Gasteiger partial charge in [-0.3, -0.25) is 9.89 Å². The van der Waals surface area contributed by atoms with Gasteiger partial charge in [0, 0.05) is 11.6 Å². The maximum Gasteiger partial charge on any atom is 0.265 e. The molecule has 0 radical (unpaired) electrons. The highest BCUT2D eigenvalue weighted by molar-refractivity contribution is 7.08. The van der Waals surface area contributed by atoms with Crippen LogP contribution in [0.1, 0.15) is 41.8 Å². The van der Waals surface area contributed by atoms with Gasteiger partial charge in [0.2, 0.25) is 0 Å². The SMILES string of the molecule is CC(C)(C)c1nnsc1C(=O)NCc1ccn[nH]1. The Morgan fingerprint density at radius 1 is 1.50 bits per heavy atom. The molecule has 2 aromatic heterocycles. The summed E-state index contributed by atoms with van der Waals surface area (Å²) in [5, 5.41) is 13.5. The van der Waals surface area contributed by atoms with E-state index in [9.17, 15) is 4.79 Å². The maximum absolute atomic E-state index is 12.1. The first-order valence-corrected chi connectivity index (χ1v) is 6.35. The van der Waals surface area contributed by atoms with Crippen molar-refractivity contribution in [2.75, 3.05) is 0 Å². The van der Waals surface area contributed by atoms with Gasteiger partial charge in [-0.15, -0.1) is 5.10 Å². The molecular weight excluding hydrogens is 250 g/mol. The van der Waals surface area contributed by atoms with Gasteiger partial charge >= 0.3 is 0 Å². The summed E-state index contributed by atoms with van der Waals surface area (Å²) in [5.74, 6) is -0.149. The quantitative estimate of drug-likeness (QED) is 0.880. The van der Waals surface area contributed by atoms with Crippen LogP contribution in [0.4, 0.5) is 0 Å². The van der Waals surface area contributed by atoms with Crippen LogP contribution in [0.15, 0.2) is 12.3 Å². The van der Waals surface area contributed by atoms with Crippen molar-refractivity contribution in [2.45, 2.75) is 32.7 Å². The summed E-state index contributed by atoms with van der Waals surface area (Å²) < 4.78 is 3.87. The molecule has 0 atom stereocenters. The van der Waals surface area contributed by atoms with Gasteiger partial charge in [-0.2, -0.15) is 5.10 Å². The molecule has 0 saturated carbocycles. The summed E-state index contributed by atoms with van der Waals surface area (Å²) in [6, 6.07) is 1.82. The van der Waals surface area contributed by atoms with Crippen LogP contribution < -0.4 is 5.32 Å². The molecule has 2 N–H and O–H groups in total. The largest absolute Gasteiger partial charge is 0.346 e. The maximum atomic E-state index is 12.1. The van der Waals surface area contributed by atoms with Crippen molar-refractivity contribution in [1.29, 1.82) is 0 Å². The number of nitrogens with zero attached hydrogens (tertiary/aromatic N) is 3. The first-order valence-electron chi connectivity index (χ1n) is 5.58. The number of rotatable bonds is 3. The summed E-state index contributed by atoms with van der Waals surface area (Å²) in [7, 11) is 0. The number of carbonyl (C=O) groups excluding carboxylic acids is 1. The van der Waals surface area contributed by atoms with E-state index in [1.807, 2.05) is 26.8 Å². The molecule has 2 heterocycles. The molecule has 2 rings (SSSR count). The van der Waals surface area contributed by atoms with Crippen LogP contribution in [0.25, 0.3) is 0 Å². The lowest BCUT2D eigenvalue weighted by Gasteiger charge is -2.16. The van der Waals surface area contributed by atoms with Crippen molar-refractivity contribution in [3.8, 4) is 0 Å². The topological polar surface area (TPSA) is 83.6 Å². The summed E-state index contributed by atoms with van der Waals surface area (Å²) in [5.41, 5.74) is 1.40. The Labute approximate surface area is 109 Å². The molecule has 18 heavy (non-hydrogen) atoms. The lowest BCUT2D eigenvalue weighted by atomic mass is 9.91.